The summed E-state index contributed by atoms with van der Waals surface area (Å²) >= 11 is 0. The lowest BCUT2D eigenvalue weighted by molar-refractivity contribution is -0.0623. The molecule has 0 aliphatic carbocycles. The minimum atomic E-state index is -0.0784. The van der Waals surface area contributed by atoms with Gasteiger partial charge in [0.25, 0.3) is 0 Å². The van der Waals surface area contributed by atoms with E-state index >= 15 is 0 Å². The van der Waals surface area contributed by atoms with Crippen molar-refractivity contribution in [2.75, 3.05) is 108 Å². The van der Waals surface area contributed by atoms with E-state index in [4.69, 9.17) is 37.9 Å². The molecule has 0 rings (SSSR count). The van der Waals surface area contributed by atoms with Gasteiger partial charge in [-0.15, -0.1) is 0 Å². The summed E-state index contributed by atoms with van der Waals surface area (Å²) in [6.07, 6.45) is 4.49. The summed E-state index contributed by atoms with van der Waals surface area (Å²) in [5.41, 5.74) is -0.0784. The van der Waals surface area contributed by atoms with E-state index in [-0.39, 0.29) is 11.3 Å². The van der Waals surface area contributed by atoms with Crippen LogP contribution in [0.15, 0.2) is 0 Å². The van der Waals surface area contributed by atoms with Gasteiger partial charge in [-0.05, 0) is 49.4 Å². The smallest absolute Gasteiger partial charge is 0.0520 e. The summed E-state index contributed by atoms with van der Waals surface area (Å²) < 4.78 is 44.7. The molecule has 0 aliphatic rings. The van der Waals surface area contributed by atoms with Crippen LogP contribution in [0.1, 0.15) is 46.0 Å². The largest absolute Gasteiger partial charge is 0.385 e. The second-order valence-electron chi connectivity index (χ2n) is 9.34. The minimum absolute atomic E-state index is 0.0784. The molecule has 206 valence electrons. The van der Waals surface area contributed by atoms with Gasteiger partial charge >= 0.3 is 0 Å². The Labute approximate surface area is 209 Å². The van der Waals surface area contributed by atoms with Crippen LogP contribution in [0, 0.1) is 17.3 Å². The fourth-order valence-electron chi connectivity index (χ4n) is 3.85. The average molecular weight is 495 g/mol. The van der Waals surface area contributed by atoms with E-state index in [1.54, 1.807) is 28.4 Å². The standard InChI is InChI=1S/C26H54O8/c1-26(2,23-34-19-10-15-30-6)25(22-33-18-9-14-29-5)24(21-32-17-8-13-28-4)11-20-31-16-7-12-27-3/h24-25H,7-23H2,1-6H3. The third-order valence-electron chi connectivity index (χ3n) is 5.86. The normalized spacial score (nSPS) is 13.9. The third kappa shape index (κ3) is 18.9. The molecule has 0 spiro atoms. The van der Waals surface area contributed by atoms with E-state index in [0.29, 0.717) is 78.6 Å². The van der Waals surface area contributed by atoms with Crippen molar-refractivity contribution in [3.8, 4) is 0 Å². The number of methoxy groups -OCH3 is 4. The molecule has 0 aliphatic heterocycles. The average Bonchev–Trinajstić information content (AvgIpc) is 2.82. The zero-order valence-corrected chi connectivity index (χ0v) is 22.9. The highest BCUT2D eigenvalue weighted by molar-refractivity contribution is 4.84. The van der Waals surface area contributed by atoms with Gasteiger partial charge in [-0.3, -0.25) is 0 Å². The number of hydrogen-bond donors (Lipinski definition) is 0. The first-order valence-electron chi connectivity index (χ1n) is 12.8. The molecule has 0 saturated heterocycles. The van der Waals surface area contributed by atoms with Gasteiger partial charge in [0.2, 0.25) is 0 Å². The maximum Gasteiger partial charge on any atom is 0.0520 e. The fourth-order valence-corrected chi connectivity index (χ4v) is 3.85. The molecule has 0 bridgehead atoms. The fraction of sp³-hybridized carbons (Fsp3) is 1.00. The summed E-state index contributed by atoms with van der Waals surface area (Å²) in [6, 6.07) is 0. The number of ether oxygens (including phenoxy) is 8. The Kier molecular flexibility index (Phi) is 24.1. The Balaban J connectivity index is 5.07. The van der Waals surface area contributed by atoms with Crippen LogP contribution in [0.3, 0.4) is 0 Å². The Hall–Kier alpha value is -0.320. The summed E-state index contributed by atoms with van der Waals surface area (Å²) in [6.45, 7) is 12.8. The molecule has 0 amide bonds. The zero-order chi connectivity index (χ0) is 25.3. The first-order chi connectivity index (χ1) is 16.5. The van der Waals surface area contributed by atoms with Crippen LogP contribution in [0.2, 0.25) is 0 Å². The Morgan fingerprint density at radius 3 is 1.44 bits per heavy atom. The van der Waals surface area contributed by atoms with Crippen molar-refractivity contribution < 1.29 is 37.9 Å². The second-order valence-corrected chi connectivity index (χ2v) is 9.34. The highest BCUT2D eigenvalue weighted by Gasteiger charge is 2.36. The molecule has 8 nitrogen and oxygen atoms in total. The molecule has 0 aromatic rings. The Morgan fingerprint density at radius 1 is 0.500 bits per heavy atom. The van der Waals surface area contributed by atoms with Gasteiger partial charge in [-0.1, -0.05) is 13.8 Å². The molecule has 0 aromatic heterocycles. The first-order valence-corrected chi connectivity index (χ1v) is 12.8. The van der Waals surface area contributed by atoms with E-state index < -0.39 is 0 Å². The van der Waals surface area contributed by atoms with Crippen LogP contribution in [0.5, 0.6) is 0 Å². The van der Waals surface area contributed by atoms with Crippen molar-refractivity contribution in [2.24, 2.45) is 17.3 Å². The Morgan fingerprint density at radius 2 is 0.941 bits per heavy atom. The van der Waals surface area contributed by atoms with Crippen LogP contribution in [-0.2, 0) is 37.9 Å². The van der Waals surface area contributed by atoms with Gasteiger partial charge in [0.15, 0.2) is 0 Å². The predicted octanol–water partition coefficient (Wildman–Crippen LogP) is 3.85. The van der Waals surface area contributed by atoms with Gasteiger partial charge in [-0.25, -0.2) is 0 Å². The van der Waals surface area contributed by atoms with E-state index in [1.807, 2.05) is 0 Å². The van der Waals surface area contributed by atoms with Crippen molar-refractivity contribution >= 4 is 0 Å². The van der Waals surface area contributed by atoms with Gasteiger partial charge in [0.1, 0.15) is 0 Å². The van der Waals surface area contributed by atoms with Gasteiger partial charge in [0.05, 0.1) is 13.2 Å². The highest BCUT2D eigenvalue weighted by Crippen LogP contribution is 2.36. The van der Waals surface area contributed by atoms with E-state index in [2.05, 4.69) is 13.8 Å². The lowest BCUT2D eigenvalue weighted by Gasteiger charge is -2.39. The zero-order valence-electron chi connectivity index (χ0n) is 22.9. The van der Waals surface area contributed by atoms with Gasteiger partial charge < -0.3 is 37.9 Å². The molecule has 2 atom stereocenters. The van der Waals surface area contributed by atoms with Crippen LogP contribution < -0.4 is 0 Å². The molecule has 0 radical (unpaired) electrons. The first kappa shape index (κ1) is 33.7. The van der Waals surface area contributed by atoms with Crippen LogP contribution in [0.25, 0.3) is 0 Å². The van der Waals surface area contributed by atoms with E-state index in [1.165, 1.54) is 0 Å². The topological polar surface area (TPSA) is 73.8 Å². The maximum absolute atomic E-state index is 6.13. The number of hydrogen-bond acceptors (Lipinski definition) is 8. The quantitative estimate of drug-likeness (QED) is 0.160. The lowest BCUT2D eigenvalue weighted by atomic mass is 9.71. The molecule has 0 N–H and O–H groups in total. The van der Waals surface area contributed by atoms with Crippen molar-refractivity contribution in [1.82, 2.24) is 0 Å². The molecule has 34 heavy (non-hydrogen) atoms. The van der Waals surface area contributed by atoms with Crippen molar-refractivity contribution in [1.29, 1.82) is 0 Å². The van der Waals surface area contributed by atoms with Gasteiger partial charge in [-0.2, -0.15) is 0 Å². The third-order valence-corrected chi connectivity index (χ3v) is 5.86. The lowest BCUT2D eigenvalue weighted by Crippen LogP contribution is -2.40. The SMILES string of the molecule is COCCCOCCC(COCCCOC)C(COCCCOC)C(C)(C)COCCCOC. The van der Waals surface area contributed by atoms with Gasteiger partial charge in [0, 0.05) is 94.5 Å². The van der Waals surface area contributed by atoms with E-state index in [9.17, 15) is 0 Å². The minimum Gasteiger partial charge on any atom is -0.385 e. The second kappa shape index (κ2) is 24.4. The van der Waals surface area contributed by atoms with Crippen molar-refractivity contribution in [3.05, 3.63) is 0 Å². The summed E-state index contributed by atoms with van der Waals surface area (Å²) in [5.74, 6) is 0.562. The molecular formula is C26H54O8. The van der Waals surface area contributed by atoms with Crippen LogP contribution >= 0.6 is 0 Å². The van der Waals surface area contributed by atoms with Crippen molar-refractivity contribution in [3.63, 3.8) is 0 Å². The molecule has 0 fully saturated rings. The molecule has 8 heteroatoms. The molecule has 0 heterocycles. The molecule has 0 saturated carbocycles. The van der Waals surface area contributed by atoms with Crippen LogP contribution in [0.4, 0.5) is 0 Å². The molecule has 0 aromatic carbocycles. The summed E-state index contributed by atoms with van der Waals surface area (Å²) in [5, 5.41) is 0. The molecule has 2 unspecified atom stereocenters. The number of rotatable bonds is 27. The van der Waals surface area contributed by atoms with Crippen LogP contribution in [-0.4, -0.2) is 108 Å². The van der Waals surface area contributed by atoms with Crippen molar-refractivity contribution in [2.45, 2.75) is 46.0 Å². The molecular weight excluding hydrogens is 440 g/mol. The predicted molar refractivity (Wildman–Crippen MR) is 135 cm³/mol. The Bertz CT molecular complexity index is 408. The van der Waals surface area contributed by atoms with E-state index in [0.717, 1.165) is 38.7 Å². The monoisotopic (exact) mass is 494 g/mol. The summed E-state index contributed by atoms with van der Waals surface area (Å²) in [4.78, 5) is 0. The summed E-state index contributed by atoms with van der Waals surface area (Å²) in [7, 11) is 6.87. The maximum atomic E-state index is 6.13. The highest BCUT2D eigenvalue weighted by atomic mass is 16.5.